The number of hydrogen-bond donors (Lipinski definition) is 2. The van der Waals surface area contributed by atoms with E-state index in [-0.39, 0.29) is 17.5 Å². The predicted molar refractivity (Wildman–Crippen MR) is 55.6 cm³/mol. The highest BCUT2D eigenvalue weighted by Gasteiger charge is 2.25. The molecule has 1 aromatic rings. The summed E-state index contributed by atoms with van der Waals surface area (Å²) in [6.45, 7) is 0. The minimum atomic E-state index is -3.14. The van der Waals surface area contributed by atoms with E-state index in [9.17, 15) is 18.0 Å². The first kappa shape index (κ1) is 13.5. The summed E-state index contributed by atoms with van der Waals surface area (Å²) in [5.41, 5.74) is 5.27. The number of carbonyl (C=O) groups is 1. The number of halogens is 3. The third kappa shape index (κ3) is 3.45. The van der Waals surface area contributed by atoms with E-state index >= 15 is 0 Å². The Hall–Kier alpha value is -1.56. The topological polar surface area (TPSA) is 63.3 Å². The zero-order valence-electron chi connectivity index (χ0n) is 8.82. The molecule has 0 aliphatic heterocycles. The molecule has 0 heterocycles. The minimum absolute atomic E-state index is 0.182. The maximum Gasteiger partial charge on any atom is 0.320 e. The van der Waals surface area contributed by atoms with Crippen LogP contribution in [0.4, 0.5) is 13.2 Å². The second-order valence-electron chi connectivity index (χ2n) is 3.58. The van der Waals surface area contributed by atoms with Crippen LogP contribution >= 0.6 is 0 Å². The third-order valence-corrected chi connectivity index (χ3v) is 2.33. The first-order chi connectivity index (χ1) is 7.93. The smallest absolute Gasteiger partial charge is 0.320 e. The van der Waals surface area contributed by atoms with E-state index in [0.717, 1.165) is 0 Å². The van der Waals surface area contributed by atoms with Crippen molar-refractivity contribution in [3.8, 4) is 0 Å². The number of rotatable bonds is 5. The van der Waals surface area contributed by atoms with Gasteiger partial charge in [-0.15, -0.1) is 0 Å². The van der Waals surface area contributed by atoms with Crippen molar-refractivity contribution in [1.29, 1.82) is 0 Å². The molecule has 0 radical (unpaired) electrons. The Morgan fingerprint density at radius 3 is 2.41 bits per heavy atom. The summed E-state index contributed by atoms with van der Waals surface area (Å²) >= 11 is 0. The average molecular weight is 247 g/mol. The molecule has 0 aliphatic rings. The minimum Gasteiger partial charge on any atom is -0.480 e. The average Bonchev–Trinajstić information content (AvgIpc) is 2.28. The van der Waals surface area contributed by atoms with Gasteiger partial charge in [-0.1, -0.05) is 24.3 Å². The second-order valence-corrected chi connectivity index (χ2v) is 3.58. The van der Waals surface area contributed by atoms with Crippen molar-refractivity contribution < 1.29 is 23.1 Å². The van der Waals surface area contributed by atoms with Crippen LogP contribution in [0.5, 0.6) is 0 Å². The zero-order valence-corrected chi connectivity index (χ0v) is 8.82. The third-order valence-electron chi connectivity index (χ3n) is 2.33. The molecule has 94 valence electrons. The van der Waals surface area contributed by atoms with Crippen molar-refractivity contribution in [3.05, 3.63) is 35.4 Å². The number of nitrogens with two attached hydrogens (primary N) is 1. The van der Waals surface area contributed by atoms with E-state index in [4.69, 9.17) is 10.8 Å². The van der Waals surface area contributed by atoms with Crippen LogP contribution in [0.25, 0.3) is 0 Å². The second kappa shape index (κ2) is 5.67. The maximum atomic E-state index is 13.2. The molecule has 0 aromatic heterocycles. The number of carboxylic acids is 1. The quantitative estimate of drug-likeness (QED) is 0.835. The van der Waals surface area contributed by atoms with Gasteiger partial charge < -0.3 is 10.8 Å². The van der Waals surface area contributed by atoms with Crippen LogP contribution in [0.2, 0.25) is 0 Å². The number of benzene rings is 1. The highest BCUT2D eigenvalue weighted by atomic mass is 19.3. The lowest BCUT2D eigenvalue weighted by atomic mass is 9.98. The van der Waals surface area contributed by atoms with Gasteiger partial charge in [-0.25, -0.2) is 13.2 Å². The van der Waals surface area contributed by atoms with Gasteiger partial charge in [-0.05, 0) is 17.5 Å². The first-order valence-electron chi connectivity index (χ1n) is 4.92. The summed E-state index contributed by atoms with van der Waals surface area (Å²) in [7, 11) is 0. The summed E-state index contributed by atoms with van der Waals surface area (Å²) in [5, 5.41) is 8.62. The van der Waals surface area contributed by atoms with Gasteiger partial charge in [-0.2, -0.15) is 0 Å². The Morgan fingerprint density at radius 2 is 1.88 bits per heavy atom. The molecular weight excluding hydrogens is 235 g/mol. The molecule has 0 aliphatic carbocycles. The first-order valence-corrected chi connectivity index (χ1v) is 4.92. The zero-order chi connectivity index (χ0) is 13.0. The van der Waals surface area contributed by atoms with Crippen molar-refractivity contribution in [3.63, 3.8) is 0 Å². The summed E-state index contributed by atoms with van der Waals surface area (Å²) in [5.74, 6) is -1.26. The fraction of sp³-hybridized carbons (Fsp3) is 0.364. The number of hydrogen-bond acceptors (Lipinski definition) is 2. The van der Waals surface area contributed by atoms with Gasteiger partial charge in [0, 0.05) is 0 Å². The molecule has 0 amide bonds. The van der Waals surface area contributed by atoms with Gasteiger partial charge in [0.2, 0.25) is 0 Å². The SMILES string of the molecule is NC(Cc1ccccc1C(F)C(F)F)C(=O)O. The molecule has 2 atom stereocenters. The number of aliphatic carboxylic acids is 1. The van der Waals surface area contributed by atoms with Gasteiger partial charge in [0.25, 0.3) is 6.43 Å². The van der Waals surface area contributed by atoms with Crippen molar-refractivity contribution >= 4 is 5.97 Å². The van der Waals surface area contributed by atoms with Crippen LogP contribution in [0.15, 0.2) is 24.3 Å². The standard InChI is InChI=1S/C11H12F3NO2/c12-9(10(13)14)7-4-2-1-3-6(7)5-8(15)11(16)17/h1-4,8-10H,5,15H2,(H,16,17). The highest BCUT2D eigenvalue weighted by Crippen LogP contribution is 2.28. The van der Waals surface area contributed by atoms with E-state index < -0.39 is 24.6 Å². The molecule has 2 unspecified atom stereocenters. The highest BCUT2D eigenvalue weighted by molar-refractivity contribution is 5.73. The Balaban J connectivity index is 2.96. The fourth-order valence-corrected chi connectivity index (χ4v) is 1.45. The van der Waals surface area contributed by atoms with E-state index in [2.05, 4.69) is 0 Å². The van der Waals surface area contributed by atoms with E-state index in [0.29, 0.717) is 0 Å². The normalized spacial score (nSPS) is 14.6. The summed E-state index contributed by atoms with van der Waals surface area (Å²) < 4.78 is 37.8. The predicted octanol–water partition coefficient (Wildman–Crippen LogP) is 1.92. The molecule has 3 N–H and O–H groups in total. The van der Waals surface area contributed by atoms with Crippen LogP contribution in [-0.4, -0.2) is 23.5 Å². The van der Waals surface area contributed by atoms with E-state index in [1.807, 2.05) is 0 Å². The van der Waals surface area contributed by atoms with Gasteiger partial charge in [0.15, 0.2) is 6.17 Å². The molecule has 0 bridgehead atoms. The van der Waals surface area contributed by atoms with Crippen molar-refractivity contribution in [2.45, 2.75) is 25.1 Å². The van der Waals surface area contributed by atoms with Crippen molar-refractivity contribution in [2.24, 2.45) is 5.73 Å². The van der Waals surface area contributed by atoms with Gasteiger partial charge >= 0.3 is 5.97 Å². The molecule has 0 spiro atoms. The largest absolute Gasteiger partial charge is 0.480 e. The lowest BCUT2D eigenvalue weighted by Gasteiger charge is -2.14. The molecule has 0 saturated heterocycles. The lowest BCUT2D eigenvalue weighted by molar-refractivity contribution is -0.138. The Kier molecular flexibility index (Phi) is 4.51. The molecular formula is C11H12F3NO2. The molecule has 3 nitrogen and oxygen atoms in total. The van der Waals surface area contributed by atoms with Gasteiger partial charge in [0.05, 0.1) is 0 Å². The molecule has 0 fully saturated rings. The van der Waals surface area contributed by atoms with E-state index in [1.54, 1.807) is 0 Å². The Bertz CT molecular complexity index is 398. The number of alkyl halides is 3. The number of carboxylic acid groups (broad SMARTS) is 1. The Morgan fingerprint density at radius 1 is 1.29 bits per heavy atom. The fourth-order valence-electron chi connectivity index (χ4n) is 1.45. The molecule has 0 saturated carbocycles. The van der Waals surface area contributed by atoms with Crippen LogP contribution < -0.4 is 5.73 Å². The monoisotopic (exact) mass is 247 g/mol. The van der Waals surface area contributed by atoms with E-state index in [1.165, 1.54) is 24.3 Å². The molecule has 1 rings (SSSR count). The van der Waals surface area contributed by atoms with Gasteiger partial charge in [0.1, 0.15) is 6.04 Å². The summed E-state index contributed by atoms with van der Waals surface area (Å²) in [6.07, 6.45) is -5.75. The van der Waals surface area contributed by atoms with Gasteiger partial charge in [-0.3, -0.25) is 4.79 Å². The van der Waals surface area contributed by atoms with Crippen molar-refractivity contribution in [2.75, 3.05) is 0 Å². The van der Waals surface area contributed by atoms with Crippen molar-refractivity contribution in [1.82, 2.24) is 0 Å². The molecule has 17 heavy (non-hydrogen) atoms. The summed E-state index contributed by atoms with van der Waals surface area (Å²) in [6, 6.07) is 4.31. The van der Waals surface area contributed by atoms with Crippen LogP contribution in [0.3, 0.4) is 0 Å². The molecule has 6 heteroatoms. The van der Waals surface area contributed by atoms with Crippen LogP contribution in [0.1, 0.15) is 17.3 Å². The Labute approximate surface area is 96.0 Å². The maximum absolute atomic E-state index is 13.2. The van der Waals surface area contributed by atoms with Crippen LogP contribution in [0, 0.1) is 0 Å². The lowest BCUT2D eigenvalue weighted by Crippen LogP contribution is -2.32. The summed E-state index contributed by atoms with van der Waals surface area (Å²) in [4.78, 5) is 10.6. The molecule has 1 aromatic carbocycles. The van der Waals surface area contributed by atoms with Crippen LogP contribution in [-0.2, 0) is 11.2 Å².